The van der Waals surface area contributed by atoms with Crippen molar-refractivity contribution in [2.75, 3.05) is 13.2 Å². The first-order chi connectivity index (χ1) is 13.1. The second-order valence-corrected chi connectivity index (χ2v) is 7.82. The van der Waals surface area contributed by atoms with Crippen LogP contribution in [0.4, 0.5) is 13.2 Å². The topological polar surface area (TPSA) is 81.7 Å². The van der Waals surface area contributed by atoms with Crippen molar-refractivity contribution in [1.29, 1.82) is 0 Å². The predicted octanol–water partition coefficient (Wildman–Crippen LogP) is 3.64. The number of rotatable bonds is 3. The number of sulfonamides is 1. The number of hydrogen-bond acceptors (Lipinski definition) is 5. The minimum absolute atomic E-state index is 0.0117. The third-order valence-corrected chi connectivity index (χ3v) is 5.44. The molecule has 0 radical (unpaired) electrons. The Kier molecular flexibility index (Phi) is 5.44. The van der Waals surface area contributed by atoms with Gasteiger partial charge in [-0.15, -0.1) is 0 Å². The van der Waals surface area contributed by atoms with Gasteiger partial charge in [0.2, 0.25) is 0 Å². The lowest BCUT2D eigenvalue weighted by atomic mass is 10.2. The monoisotopic (exact) mass is 435 g/mol. The molecule has 1 aliphatic rings. The first kappa shape index (κ1) is 20.3. The Bertz CT molecular complexity index is 1020. The molecule has 150 valence electrons. The first-order valence-corrected chi connectivity index (χ1v) is 9.78. The van der Waals surface area contributed by atoms with Gasteiger partial charge in [-0.3, -0.25) is 4.79 Å². The van der Waals surface area contributed by atoms with Crippen LogP contribution >= 0.6 is 11.6 Å². The number of benzene rings is 2. The maximum atomic E-state index is 13.1. The molecular weight excluding hydrogens is 423 g/mol. The van der Waals surface area contributed by atoms with Crippen molar-refractivity contribution in [3.8, 4) is 11.5 Å². The zero-order chi connectivity index (χ0) is 20.5. The van der Waals surface area contributed by atoms with E-state index in [0.717, 1.165) is 24.3 Å². The predicted molar refractivity (Wildman–Crippen MR) is 93.2 cm³/mol. The molecule has 1 amide bonds. The molecule has 0 aliphatic carbocycles. The molecule has 11 heteroatoms. The molecule has 1 heterocycles. The molecule has 1 N–H and O–H groups in total. The van der Waals surface area contributed by atoms with Gasteiger partial charge in [0.25, 0.3) is 15.9 Å². The lowest BCUT2D eigenvalue weighted by Crippen LogP contribution is -2.32. The van der Waals surface area contributed by atoms with E-state index in [-0.39, 0.29) is 22.1 Å². The van der Waals surface area contributed by atoms with E-state index in [4.69, 9.17) is 21.1 Å². The van der Waals surface area contributed by atoms with E-state index in [2.05, 4.69) is 0 Å². The molecule has 3 rings (SSSR count). The summed E-state index contributed by atoms with van der Waals surface area (Å²) in [6, 6.07) is 5.91. The second-order valence-electron chi connectivity index (χ2n) is 5.76. The van der Waals surface area contributed by atoms with Gasteiger partial charge in [0.1, 0.15) is 0 Å². The number of carbonyl (C=O) groups is 1. The summed E-state index contributed by atoms with van der Waals surface area (Å²) in [6.07, 6.45) is -4.33. The van der Waals surface area contributed by atoms with Gasteiger partial charge in [0, 0.05) is 12.0 Å². The Labute approximate surface area is 163 Å². The molecule has 0 bridgehead atoms. The summed E-state index contributed by atoms with van der Waals surface area (Å²) < 4.78 is 76.5. The Morgan fingerprint density at radius 1 is 1.11 bits per heavy atom. The van der Waals surface area contributed by atoms with Crippen molar-refractivity contribution >= 4 is 27.5 Å². The van der Waals surface area contributed by atoms with Crippen LogP contribution in [0.3, 0.4) is 0 Å². The molecule has 0 atom stereocenters. The summed E-state index contributed by atoms with van der Waals surface area (Å²) in [6.45, 7) is 0.645. The molecule has 0 saturated heterocycles. The van der Waals surface area contributed by atoms with Gasteiger partial charge in [-0.05, 0) is 24.3 Å². The molecule has 0 unspecified atom stereocenters. The Hall–Kier alpha value is -2.46. The van der Waals surface area contributed by atoms with Gasteiger partial charge < -0.3 is 9.47 Å². The molecule has 6 nitrogen and oxygen atoms in total. The van der Waals surface area contributed by atoms with Gasteiger partial charge in [0.15, 0.2) is 11.5 Å². The maximum Gasteiger partial charge on any atom is 0.417 e. The summed E-state index contributed by atoms with van der Waals surface area (Å²) in [5, 5.41) is 0.0117. The minimum Gasteiger partial charge on any atom is -0.489 e. The minimum atomic E-state index is -4.91. The van der Waals surface area contributed by atoms with Gasteiger partial charge in [-0.1, -0.05) is 23.7 Å². The number of hydrogen-bond donors (Lipinski definition) is 1. The summed E-state index contributed by atoms with van der Waals surface area (Å²) in [4.78, 5) is 11.3. The molecule has 1 aliphatic heterocycles. The van der Waals surface area contributed by atoms with Crippen LogP contribution in [-0.2, 0) is 16.2 Å². The van der Waals surface area contributed by atoms with E-state index in [1.807, 2.05) is 0 Å². The van der Waals surface area contributed by atoms with Crippen LogP contribution in [0.5, 0.6) is 11.5 Å². The van der Waals surface area contributed by atoms with Gasteiger partial charge in [-0.25, -0.2) is 13.1 Å². The standard InChI is InChI=1S/C17H13ClF3NO5S/c18-12-8-10(9-13-15(12)27-7-3-6-26-13)16(23)22-28(24,25)14-5-2-1-4-11(14)17(19,20)21/h1-2,4-5,8-9H,3,6-7H2,(H,22,23). The number of nitrogens with one attached hydrogen (secondary N) is 1. The van der Waals surface area contributed by atoms with E-state index in [1.54, 1.807) is 4.72 Å². The van der Waals surface area contributed by atoms with Crippen molar-refractivity contribution < 1.29 is 35.9 Å². The average Bonchev–Trinajstić information content (AvgIpc) is 2.86. The fraction of sp³-hybridized carbons (Fsp3) is 0.235. The quantitative estimate of drug-likeness (QED) is 0.796. The maximum absolute atomic E-state index is 13.1. The van der Waals surface area contributed by atoms with Gasteiger partial charge in [-0.2, -0.15) is 13.2 Å². The van der Waals surface area contributed by atoms with E-state index in [0.29, 0.717) is 25.7 Å². The summed E-state index contributed by atoms with van der Waals surface area (Å²) in [5.74, 6) is -0.807. The highest BCUT2D eigenvalue weighted by Crippen LogP contribution is 2.38. The number of amides is 1. The number of fused-ring (bicyclic) bond motifs is 1. The molecule has 2 aromatic carbocycles. The molecule has 0 spiro atoms. The van der Waals surface area contributed by atoms with Crippen LogP contribution in [0.1, 0.15) is 22.3 Å². The number of carbonyl (C=O) groups excluding carboxylic acids is 1. The zero-order valence-electron chi connectivity index (χ0n) is 14.0. The van der Waals surface area contributed by atoms with E-state index in [9.17, 15) is 26.4 Å². The smallest absolute Gasteiger partial charge is 0.417 e. The normalized spacial score (nSPS) is 14.3. The highest BCUT2D eigenvalue weighted by Gasteiger charge is 2.37. The largest absolute Gasteiger partial charge is 0.489 e. The van der Waals surface area contributed by atoms with Crippen LogP contribution < -0.4 is 14.2 Å². The van der Waals surface area contributed by atoms with Crippen molar-refractivity contribution in [3.05, 3.63) is 52.5 Å². The SMILES string of the molecule is O=C(NS(=O)(=O)c1ccccc1C(F)(F)F)c1cc(Cl)c2c(c1)OCCCO2. The van der Waals surface area contributed by atoms with Crippen molar-refractivity contribution in [2.24, 2.45) is 0 Å². The Balaban J connectivity index is 1.94. The first-order valence-electron chi connectivity index (χ1n) is 7.92. The van der Waals surface area contributed by atoms with Crippen molar-refractivity contribution in [1.82, 2.24) is 4.72 Å². The summed E-state index contributed by atoms with van der Waals surface area (Å²) in [7, 11) is -4.80. The zero-order valence-corrected chi connectivity index (χ0v) is 15.6. The third kappa shape index (κ3) is 4.17. The van der Waals surface area contributed by atoms with E-state index >= 15 is 0 Å². The van der Waals surface area contributed by atoms with Crippen LogP contribution in [0, 0.1) is 0 Å². The molecule has 0 fully saturated rings. The van der Waals surface area contributed by atoms with Crippen LogP contribution in [-0.4, -0.2) is 27.5 Å². The number of alkyl halides is 3. The molecule has 28 heavy (non-hydrogen) atoms. The second kappa shape index (κ2) is 7.51. The van der Waals surface area contributed by atoms with Gasteiger partial charge in [0.05, 0.1) is 28.7 Å². The van der Waals surface area contributed by atoms with Crippen LogP contribution in [0.15, 0.2) is 41.3 Å². The molecule has 0 aromatic heterocycles. The van der Waals surface area contributed by atoms with Crippen molar-refractivity contribution in [3.63, 3.8) is 0 Å². The average molecular weight is 436 g/mol. The third-order valence-electron chi connectivity index (χ3n) is 3.77. The number of ether oxygens (including phenoxy) is 2. The molecule has 2 aromatic rings. The van der Waals surface area contributed by atoms with E-state index in [1.165, 1.54) is 6.07 Å². The highest BCUT2D eigenvalue weighted by atomic mass is 35.5. The Morgan fingerprint density at radius 3 is 2.50 bits per heavy atom. The lowest BCUT2D eigenvalue weighted by Gasteiger charge is -2.14. The number of halogens is 4. The highest BCUT2D eigenvalue weighted by molar-refractivity contribution is 7.90. The van der Waals surface area contributed by atoms with E-state index < -0.39 is 32.6 Å². The van der Waals surface area contributed by atoms with Gasteiger partial charge >= 0.3 is 6.18 Å². The van der Waals surface area contributed by atoms with Crippen LogP contribution in [0.25, 0.3) is 0 Å². The summed E-state index contributed by atoms with van der Waals surface area (Å²) in [5.41, 5.74) is -1.59. The van der Waals surface area contributed by atoms with Crippen molar-refractivity contribution in [2.45, 2.75) is 17.5 Å². The fourth-order valence-electron chi connectivity index (χ4n) is 2.53. The summed E-state index contributed by atoms with van der Waals surface area (Å²) >= 11 is 6.05. The van der Waals surface area contributed by atoms with Crippen LogP contribution in [0.2, 0.25) is 5.02 Å². The fourth-order valence-corrected chi connectivity index (χ4v) is 4.00. The lowest BCUT2D eigenvalue weighted by molar-refractivity contribution is -0.139. The molecular formula is C17H13ClF3NO5S. The molecule has 0 saturated carbocycles. The Morgan fingerprint density at radius 2 is 1.79 bits per heavy atom.